The van der Waals surface area contributed by atoms with Gasteiger partial charge in [-0.05, 0) is 61.4 Å². The first kappa shape index (κ1) is 21.7. The molecular weight excluding hydrogens is 374 g/mol. The third-order valence-electron chi connectivity index (χ3n) is 4.23. The Balaban J connectivity index is 1.73. The smallest absolute Gasteiger partial charge is 0.307 e. The Morgan fingerprint density at radius 2 is 1.71 bits per heavy atom. The summed E-state index contributed by atoms with van der Waals surface area (Å²) < 4.78 is 5.08. The number of benzene rings is 2. The normalized spacial score (nSPS) is 10.4. The van der Waals surface area contributed by atoms with E-state index in [1.165, 1.54) is 11.1 Å². The first-order chi connectivity index (χ1) is 13.4. The maximum atomic E-state index is 12.1. The SMILES string of the molecule is CCC(=O)Nc1ccc(C(=O)COC(=O)CCSc2ccc(C)c(C)c2)cc1. The lowest BCUT2D eigenvalue weighted by atomic mass is 10.1. The molecule has 5 nitrogen and oxygen atoms in total. The summed E-state index contributed by atoms with van der Waals surface area (Å²) in [5.74, 6) is -0.159. The summed E-state index contributed by atoms with van der Waals surface area (Å²) >= 11 is 1.59. The molecule has 0 aliphatic rings. The standard InChI is InChI=1S/C22H25NO4S/c1-4-21(25)23-18-8-6-17(7-9-18)20(24)14-27-22(26)11-12-28-19-10-5-15(2)16(3)13-19/h5-10,13H,4,11-12,14H2,1-3H3,(H,23,25). The van der Waals surface area contributed by atoms with Crippen LogP contribution in [0.1, 0.15) is 41.3 Å². The van der Waals surface area contributed by atoms with Crippen LogP contribution in [-0.4, -0.2) is 30.0 Å². The van der Waals surface area contributed by atoms with Gasteiger partial charge in [0, 0.05) is 28.3 Å². The molecule has 0 aromatic heterocycles. The number of thioether (sulfide) groups is 1. The van der Waals surface area contributed by atoms with Gasteiger partial charge in [-0.3, -0.25) is 14.4 Å². The first-order valence-corrected chi connectivity index (χ1v) is 10.2. The Labute approximate surface area is 169 Å². The van der Waals surface area contributed by atoms with Gasteiger partial charge in [-0.25, -0.2) is 0 Å². The Kier molecular flexibility index (Phi) is 8.26. The number of hydrogen-bond acceptors (Lipinski definition) is 5. The van der Waals surface area contributed by atoms with Gasteiger partial charge in [-0.15, -0.1) is 11.8 Å². The van der Waals surface area contributed by atoms with Gasteiger partial charge < -0.3 is 10.1 Å². The van der Waals surface area contributed by atoms with Gasteiger partial charge in [-0.2, -0.15) is 0 Å². The Hall–Kier alpha value is -2.60. The summed E-state index contributed by atoms with van der Waals surface area (Å²) in [4.78, 5) is 36.5. The predicted octanol–water partition coefficient (Wildman–Crippen LogP) is 4.56. The highest BCUT2D eigenvalue weighted by atomic mass is 32.2. The van der Waals surface area contributed by atoms with Crippen molar-refractivity contribution in [3.63, 3.8) is 0 Å². The van der Waals surface area contributed by atoms with Crippen LogP contribution in [0.5, 0.6) is 0 Å². The second-order valence-electron chi connectivity index (χ2n) is 6.41. The van der Waals surface area contributed by atoms with E-state index in [0.29, 0.717) is 23.4 Å². The zero-order valence-corrected chi connectivity index (χ0v) is 17.2. The highest BCUT2D eigenvalue weighted by Gasteiger charge is 2.11. The molecule has 0 saturated carbocycles. The van der Waals surface area contributed by atoms with Crippen molar-refractivity contribution in [1.29, 1.82) is 0 Å². The third-order valence-corrected chi connectivity index (χ3v) is 5.22. The molecular formula is C22H25NO4S. The second-order valence-corrected chi connectivity index (χ2v) is 7.58. The molecule has 0 aliphatic heterocycles. The van der Waals surface area contributed by atoms with Crippen LogP contribution >= 0.6 is 11.8 Å². The van der Waals surface area contributed by atoms with Crippen LogP contribution in [0.4, 0.5) is 5.69 Å². The molecule has 0 atom stereocenters. The van der Waals surface area contributed by atoms with Crippen molar-refractivity contribution in [3.05, 3.63) is 59.2 Å². The minimum atomic E-state index is -0.392. The van der Waals surface area contributed by atoms with Crippen molar-refractivity contribution in [2.75, 3.05) is 17.7 Å². The van der Waals surface area contributed by atoms with Crippen molar-refractivity contribution < 1.29 is 19.1 Å². The number of carbonyl (C=O) groups excluding carboxylic acids is 3. The molecule has 0 heterocycles. The number of rotatable bonds is 9. The van der Waals surface area contributed by atoms with E-state index in [0.717, 1.165) is 4.90 Å². The predicted molar refractivity (Wildman–Crippen MR) is 112 cm³/mol. The molecule has 148 valence electrons. The molecule has 1 amide bonds. The molecule has 0 saturated heterocycles. The lowest BCUT2D eigenvalue weighted by molar-refractivity contribution is -0.142. The molecule has 2 aromatic carbocycles. The van der Waals surface area contributed by atoms with Gasteiger partial charge >= 0.3 is 5.97 Å². The fraction of sp³-hybridized carbons (Fsp3) is 0.318. The molecule has 6 heteroatoms. The zero-order valence-electron chi connectivity index (χ0n) is 16.4. The molecule has 0 spiro atoms. The summed E-state index contributed by atoms with van der Waals surface area (Å²) in [7, 11) is 0. The van der Waals surface area contributed by atoms with Gasteiger partial charge in [0.05, 0.1) is 6.42 Å². The van der Waals surface area contributed by atoms with Crippen LogP contribution < -0.4 is 5.32 Å². The molecule has 0 aliphatic carbocycles. The van der Waals surface area contributed by atoms with Gasteiger partial charge in [0.2, 0.25) is 5.91 Å². The molecule has 0 bridgehead atoms. The largest absolute Gasteiger partial charge is 0.457 e. The number of ether oxygens (including phenoxy) is 1. The van der Waals surface area contributed by atoms with E-state index in [4.69, 9.17) is 4.74 Å². The van der Waals surface area contributed by atoms with Crippen molar-refractivity contribution in [3.8, 4) is 0 Å². The fourth-order valence-corrected chi connectivity index (χ4v) is 3.28. The Morgan fingerprint density at radius 1 is 1.00 bits per heavy atom. The maximum absolute atomic E-state index is 12.1. The summed E-state index contributed by atoms with van der Waals surface area (Å²) in [6.45, 7) is 5.60. The first-order valence-electron chi connectivity index (χ1n) is 9.18. The van der Waals surface area contributed by atoms with Crippen molar-refractivity contribution in [2.24, 2.45) is 0 Å². The number of carbonyl (C=O) groups is 3. The van der Waals surface area contributed by atoms with Gasteiger partial charge in [0.1, 0.15) is 0 Å². The number of aryl methyl sites for hydroxylation is 2. The summed E-state index contributed by atoms with van der Waals surface area (Å²) in [5.41, 5.74) is 3.53. The van der Waals surface area contributed by atoms with E-state index in [9.17, 15) is 14.4 Å². The molecule has 0 unspecified atom stereocenters. The zero-order chi connectivity index (χ0) is 20.5. The number of amides is 1. The highest BCUT2D eigenvalue weighted by molar-refractivity contribution is 7.99. The molecule has 2 rings (SSSR count). The third kappa shape index (κ3) is 6.85. The van der Waals surface area contributed by atoms with Gasteiger partial charge in [0.15, 0.2) is 12.4 Å². The Morgan fingerprint density at radius 3 is 2.36 bits per heavy atom. The fourth-order valence-electron chi connectivity index (χ4n) is 2.35. The highest BCUT2D eigenvalue weighted by Crippen LogP contribution is 2.21. The quantitative estimate of drug-likeness (QED) is 0.380. The molecule has 28 heavy (non-hydrogen) atoms. The summed E-state index contributed by atoms with van der Waals surface area (Å²) in [6, 6.07) is 12.7. The van der Waals surface area contributed by atoms with E-state index in [-0.39, 0.29) is 24.7 Å². The Bertz CT molecular complexity index is 846. The van der Waals surface area contributed by atoms with Gasteiger partial charge in [-0.1, -0.05) is 13.0 Å². The minimum absolute atomic E-state index is 0.0910. The topological polar surface area (TPSA) is 72.5 Å². The van der Waals surface area contributed by atoms with E-state index in [1.54, 1.807) is 43.0 Å². The van der Waals surface area contributed by atoms with Crippen LogP contribution in [0.2, 0.25) is 0 Å². The maximum Gasteiger partial charge on any atom is 0.307 e. The lowest BCUT2D eigenvalue weighted by Crippen LogP contribution is -2.15. The van der Waals surface area contributed by atoms with Crippen LogP contribution in [0.25, 0.3) is 0 Å². The van der Waals surface area contributed by atoms with Crippen molar-refractivity contribution >= 4 is 35.1 Å². The number of nitrogens with one attached hydrogen (secondary N) is 1. The van der Waals surface area contributed by atoms with Crippen molar-refractivity contribution in [2.45, 2.75) is 38.5 Å². The minimum Gasteiger partial charge on any atom is -0.457 e. The number of esters is 1. The van der Waals surface area contributed by atoms with Crippen LogP contribution in [0.3, 0.4) is 0 Å². The average Bonchev–Trinajstić information content (AvgIpc) is 2.69. The van der Waals surface area contributed by atoms with E-state index in [1.807, 2.05) is 6.07 Å². The molecule has 2 aromatic rings. The van der Waals surface area contributed by atoms with E-state index < -0.39 is 5.97 Å². The molecule has 0 fully saturated rings. The average molecular weight is 400 g/mol. The van der Waals surface area contributed by atoms with E-state index >= 15 is 0 Å². The number of Topliss-reactive ketones (excluding diaryl/α,β-unsaturated/α-hetero) is 1. The van der Waals surface area contributed by atoms with Gasteiger partial charge in [0.25, 0.3) is 0 Å². The number of hydrogen-bond donors (Lipinski definition) is 1. The monoisotopic (exact) mass is 399 g/mol. The number of anilines is 1. The molecule has 1 N–H and O–H groups in total. The lowest BCUT2D eigenvalue weighted by Gasteiger charge is -2.07. The van der Waals surface area contributed by atoms with Crippen LogP contribution in [-0.2, 0) is 14.3 Å². The van der Waals surface area contributed by atoms with Crippen molar-refractivity contribution in [1.82, 2.24) is 0 Å². The number of ketones is 1. The van der Waals surface area contributed by atoms with Crippen LogP contribution in [0.15, 0.2) is 47.4 Å². The summed E-state index contributed by atoms with van der Waals surface area (Å²) in [5, 5.41) is 2.71. The van der Waals surface area contributed by atoms with Crippen LogP contribution in [0, 0.1) is 13.8 Å². The van der Waals surface area contributed by atoms with E-state index in [2.05, 4.69) is 31.3 Å². The summed E-state index contributed by atoms with van der Waals surface area (Å²) in [6.07, 6.45) is 0.630. The second kappa shape index (κ2) is 10.7. The molecule has 0 radical (unpaired) electrons.